The maximum atomic E-state index is 12.3. The van der Waals surface area contributed by atoms with E-state index >= 15 is 0 Å². The van der Waals surface area contributed by atoms with Crippen LogP contribution in [0, 0.1) is 0 Å². The Labute approximate surface area is 117 Å². The number of benzene rings is 1. The van der Waals surface area contributed by atoms with Crippen molar-refractivity contribution in [2.45, 2.75) is 18.6 Å². The van der Waals surface area contributed by atoms with Crippen LogP contribution in [0.5, 0.6) is 5.75 Å². The second kappa shape index (κ2) is 3.98. The molecule has 0 radical (unpaired) electrons. The molecule has 0 amide bonds. The summed E-state index contributed by atoms with van der Waals surface area (Å²) in [4.78, 5) is 0. The third kappa shape index (κ3) is 1.80. The van der Waals surface area contributed by atoms with E-state index in [9.17, 15) is 13.2 Å². The minimum absolute atomic E-state index is 0.204. The molecule has 3 rings (SSSR count). The number of hydrogen-bond donors (Lipinski definition) is 0. The molecular weight excluding hydrogens is 381 g/mol. The van der Waals surface area contributed by atoms with E-state index < -0.39 is 12.5 Å². The third-order valence-corrected chi connectivity index (χ3v) is 5.05. The molecule has 0 saturated carbocycles. The number of alkyl halides is 3. The highest BCUT2D eigenvalue weighted by Gasteiger charge is 2.46. The minimum atomic E-state index is -4.70. The summed E-state index contributed by atoms with van der Waals surface area (Å²) in [6, 6.07) is 4.56. The molecule has 0 aromatic heterocycles. The Hall–Kier alpha value is -0.530. The zero-order valence-electron chi connectivity index (χ0n) is 8.59. The molecule has 1 aromatic rings. The van der Waals surface area contributed by atoms with E-state index in [4.69, 9.17) is 4.74 Å². The maximum absolute atomic E-state index is 12.3. The van der Waals surface area contributed by atoms with Gasteiger partial charge in [-0.05, 0) is 11.6 Å². The topological polar surface area (TPSA) is 18.5 Å². The van der Waals surface area contributed by atoms with Crippen molar-refractivity contribution in [3.05, 3.63) is 38.3 Å². The Morgan fingerprint density at radius 2 is 1.78 bits per heavy atom. The fourth-order valence-electron chi connectivity index (χ4n) is 2.19. The van der Waals surface area contributed by atoms with Gasteiger partial charge in [-0.25, -0.2) is 0 Å². The van der Waals surface area contributed by atoms with Crippen molar-refractivity contribution in [1.82, 2.24) is 0 Å². The van der Waals surface area contributed by atoms with E-state index in [-0.39, 0.29) is 11.9 Å². The van der Waals surface area contributed by atoms with Gasteiger partial charge in [0, 0.05) is 14.5 Å². The highest BCUT2D eigenvalue weighted by atomic mass is 79.9. The predicted molar refractivity (Wildman–Crippen MR) is 64.6 cm³/mol. The van der Waals surface area contributed by atoms with Crippen molar-refractivity contribution in [2.75, 3.05) is 0 Å². The molecule has 0 spiro atoms. The molecule has 2 heterocycles. The van der Waals surface area contributed by atoms with Crippen LogP contribution in [0.1, 0.15) is 23.3 Å². The number of hydrogen-bond acceptors (Lipinski definition) is 2. The number of halogens is 5. The highest BCUT2D eigenvalue weighted by Crippen LogP contribution is 2.59. The van der Waals surface area contributed by atoms with Crippen LogP contribution >= 0.6 is 31.9 Å². The van der Waals surface area contributed by atoms with E-state index in [1.165, 1.54) is 12.1 Å². The van der Waals surface area contributed by atoms with Crippen LogP contribution in [0.2, 0.25) is 0 Å². The SMILES string of the molecule is FC(F)(F)Oc1cccc2c1[C@@H]1O[C@@H]2C(Br)=C1Br. The lowest BCUT2D eigenvalue weighted by Gasteiger charge is -2.17. The normalized spacial score (nSPS) is 25.6. The van der Waals surface area contributed by atoms with Crippen molar-refractivity contribution in [3.63, 3.8) is 0 Å². The maximum Gasteiger partial charge on any atom is 0.573 e. The molecule has 0 aliphatic carbocycles. The standard InChI is InChI=1S/C11H5Br2F3O2/c12-7-8(13)10-6-4(9(7)17-10)2-1-3-5(6)18-11(14,15)16/h1-3,9-10H/t9-,10-/m0/s1. The van der Waals surface area contributed by atoms with Gasteiger partial charge < -0.3 is 9.47 Å². The summed E-state index contributed by atoms with van der Waals surface area (Å²) in [5, 5.41) is 0. The van der Waals surface area contributed by atoms with Gasteiger partial charge in [0.1, 0.15) is 18.0 Å². The van der Waals surface area contributed by atoms with E-state index in [1.807, 2.05) is 0 Å². The Balaban J connectivity index is 2.08. The fourth-order valence-corrected chi connectivity index (χ4v) is 3.30. The monoisotopic (exact) mass is 384 g/mol. The van der Waals surface area contributed by atoms with Crippen LogP contribution in [0.4, 0.5) is 13.2 Å². The smallest absolute Gasteiger partial charge is 0.405 e. The van der Waals surface area contributed by atoms with Crippen molar-refractivity contribution in [3.8, 4) is 5.75 Å². The van der Waals surface area contributed by atoms with Gasteiger partial charge in [0.05, 0.1) is 0 Å². The largest absolute Gasteiger partial charge is 0.573 e. The average Bonchev–Trinajstić information content (AvgIpc) is 2.76. The average molecular weight is 386 g/mol. The highest BCUT2D eigenvalue weighted by molar-refractivity contribution is 9.14. The van der Waals surface area contributed by atoms with Crippen LogP contribution in [-0.2, 0) is 4.74 Å². The molecule has 2 atom stereocenters. The molecule has 2 bridgehead atoms. The van der Waals surface area contributed by atoms with Crippen molar-refractivity contribution >= 4 is 31.9 Å². The van der Waals surface area contributed by atoms with E-state index in [0.717, 1.165) is 4.48 Å². The van der Waals surface area contributed by atoms with Gasteiger partial charge in [-0.3, -0.25) is 0 Å². The summed E-state index contributed by atoms with van der Waals surface area (Å²) in [6.07, 6.45) is -5.58. The van der Waals surface area contributed by atoms with Gasteiger partial charge in [0.2, 0.25) is 0 Å². The zero-order chi connectivity index (χ0) is 13.1. The number of rotatable bonds is 1. The Bertz CT molecular complexity index is 554. The fraction of sp³-hybridized carbons (Fsp3) is 0.273. The Morgan fingerprint density at radius 3 is 2.44 bits per heavy atom. The first kappa shape index (κ1) is 12.5. The molecule has 0 saturated heterocycles. The zero-order valence-corrected chi connectivity index (χ0v) is 11.8. The van der Waals surface area contributed by atoms with Crippen molar-refractivity contribution < 1.29 is 22.6 Å². The number of ether oxygens (including phenoxy) is 2. The molecule has 2 nitrogen and oxygen atoms in total. The molecular formula is C11H5Br2F3O2. The lowest BCUT2D eigenvalue weighted by atomic mass is 9.96. The summed E-state index contributed by atoms with van der Waals surface area (Å²) >= 11 is 6.68. The van der Waals surface area contributed by atoms with Gasteiger partial charge >= 0.3 is 6.36 Å². The van der Waals surface area contributed by atoms with Crippen LogP contribution in [0.25, 0.3) is 0 Å². The van der Waals surface area contributed by atoms with Crippen LogP contribution in [0.3, 0.4) is 0 Å². The van der Waals surface area contributed by atoms with Gasteiger partial charge in [0.15, 0.2) is 0 Å². The first-order valence-corrected chi connectivity index (χ1v) is 6.56. The van der Waals surface area contributed by atoms with Crippen LogP contribution in [-0.4, -0.2) is 6.36 Å². The molecule has 0 fully saturated rings. The van der Waals surface area contributed by atoms with Crippen LogP contribution < -0.4 is 4.74 Å². The Kier molecular flexibility index (Phi) is 2.76. The van der Waals surface area contributed by atoms with Gasteiger partial charge in [-0.1, -0.05) is 44.0 Å². The summed E-state index contributed by atoms with van der Waals surface area (Å²) < 4.78 is 48.2. The summed E-state index contributed by atoms with van der Waals surface area (Å²) in [5.41, 5.74) is 1.15. The molecule has 7 heteroatoms. The summed E-state index contributed by atoms with van der Waals surface area (Å²) in [6.45, 7) is 0. The van der Waals surface area contributed by atoms with Crippen LogP contribution in [0.15, 0.2) is 27.2 Å². The Morgan fingerprint density at radius 1 is 1.11 bits per heavy atom. The molecule has 0 N–H and O–H groups in total. The quantitative estimate of drug-likeness (QED) is 0.696. The third-order valence-electron chi connectivity index (χ3n) is 2.83. The van der Waals surface area contributed by atoms with E-state index in [1.54, 1.807) is 6.07 Å². The van der Waals surface area contributed by atoms with Gasteiger partial charge in [-0.2, -0.15) is 0 Å². The lowest BCUT2D eigenvalue weighted by molar-refractivity contribution is -0.275. The first-order valence-electron chi connectivity index (χ1n) is 4.97. The second-order valence-electron chi connectivity index (χ2n) is 3.90. The second-order valence-corrected chi connectivity index (χ2v) is 5.61. The van der Waals surface area contributed by atoms with Gasteiger partial charge in [0.25, 0.3) is 0 Å². The molecule has 2 aliphatic heterocycles. The van der Waals surface area contributed by atoms with Gasteiger partial charge in [-0.15, -0.1) is 13.2 Å². The lowest BCUT2D eigenvalue weighted by Crippen LogP contribution is -2.18. The first-order chi connectivity index (χ1) is 8.38. The molecule has 18 heavy (non-hydrogen) atoms. The minimum Gasteiger partial charge on any atom is -0.405 e. The molecule has 1 aromatic carbocycles. The molecule has 2 aliphatic rings. The molecule has 96 valence electrons. The van der Waals surface area contributed by atoms with E-state index in [0.29, 0.717) is 15.6 Å². The molecule has 0 unspecified atom stereocenters. The van der Waals surface area contributed by atoms with Crippen molar-refractivity contribution in [2.24, 2.45) is 0 Å². The van der Waals surface area contributed by atoms with E-state index in [2.05, 4.69) is 36.6 Å². The predicted octanol–water partition coefficient (Wildman–Crippen LogP) is 4.71. The summed E-state index contributed by atoms with van der Waals surface area (Å²) in [7, 11) is 0. The summed E-state index contributed by atoms with van der Waals surface area (Å²) in [5.74, 6) is -0.204. The number of fused-ring (bicyclic) bond motifs is 5. The van der Waals surface area contributed by atoms with Crippen molar-refractivity contribution in [1.29, 1.82) is 0 Å².